The van der Waals surface area contributed by atoms with Gasteiger partial charge in [-0.05, 0) is 31.2 Å². The summed E-state index contributed by atoms with van der Waals surface area (Å²) in [7, 11) is 1.65. The third kappa shape index (κ3) is 3.52. The van der Waals surface area contributed by atoms with Gasteiger partial charge in [0.25, 0.3) is 0 Å². The smallest absolute Gasteiger partial charge is 0.243 e. The van der Waals surface area contributed by atoms with Gasteiger partial charge in [0, 0.05) is 34.9 Å². The van der Waals surface area contributed by atoms with Crippen LogP contribution in [0.1, 0.15) is 44.2 Å². The Balaban J connectivity index is 1.68. The molecule has 1 atom stereocenters. The van der Waals surface area contributed by atoms with Crippen molar-refractivity contribution in [3.8, 4) is 5.75 Å². The lowest BCUT2D eigenvalue weighted by Gasteiger charge is -2.17. The van der Waals surface area contributed by atoms with E-state index in [0.717, 1.165) is 28.2 Å². The molecule has 1 unspecified atom stereocenters. The highest BCUT2D eigenvalue weighted by Gasteiger charge is 2.19. The van der Waals surface area contributed by atoms with E-state index in [1.807, 2.05) is 42.0 Å². The number of carbonyl (C=O) groups is 1. The van der Waals surface area contributed by atoms with Crippen molar-refractivity contribution in [1.82, 2.24) is 19.9 Å². The number of rotatable bonds is 6. The maximum Gasteiger partial charge on any atom is 0.243 e. The van der Waals surface area contributed by atoms with Crippen LogP contribution in [0.3, 0.4) is 0 Å². The van der Waals surface area contributed by atoms with Crippen molar-refractivity contribution in [2.24, 2.45) is 0 Å². The number of benzene rings is 1. The summed E-state index contributed by atoms with van der Waals surface area (Å²) in [4.78, 5) is 20.2. The van der Waals surface area contributed by atoms with Crippen LogP contribution in [-0.4, -0.2) is 27.6 Å². The number of H-pyrrole nitrogens is 1. The molecule has 6 nitrogen and oxygen atoms in total. The van der Waals surface area contributed by atoms with Crippen molar-refractivity contribution in [2.75, 3.05) is 7.11 Å². The predicted molar refractivity (Wildman–Crippen MR) is 97.7 cm³/mol. The number of methoxy groups -OCH3 is 1. The minimum atomic E-state index is -0.302. The maximum atomic E-state index is 12.5. The Morgan fingerprint density at radius 2 is 2.12 bits per heavy atom. The van der Waals surface area contributed by atoms with Gasteiger partial charge >= 0.3 is 0 Å². The second-order valence-corrected chi connectivity index (χ2v) is 6.49. The second kappa shape index (κ2) is 7.01. The highest BCUT2D eigenvalue weighted by atomic mass is 16.5. The Labute approximate surface area is 147 Å². The van der Waals surface area contributed by atoms with Crippen LogP contribution in [0.2, 0.25) is 0 Å². The van der Waals surface area contributed by atoms with Gasteiger partial charge in [-0.3, -0.25) is 4.79 Å². The zero-order valence-electron chi connectivity index (χ0n) is 15.0. The summed E-state index contributed by atoms with van der Waals surface area (Å²) in [6, 6.07) is 7.59. The fourth-order valence-electron chi connectivity index (χ4n) is 2.95. The van der Waals surface area contributed by atoms with Crippen molar-refractivity contribution in [3.63, 3.8) is 0 Å². The molecule has 0 bridgehead atoms. The lowest BCUT2D eigenvalue weighted by Crippen LogP contribution is -2.31. The summed E-state index contributed by atoms with van der Waals surface area (Å²) in [5.74, 6) is 1.97. The zero-order valence-corrected chi connectivity index (χ0v) is 15.0. The lowest BCUT2D eigenvalue weighted by atomic mass is 10.2. The van der Waals surface area contributed by atoms with Crippen molar-refractivity contribution in [1.29, 1.82) is 0 Å². The van der Waals surface area contributed by atoms with Crippen LogP contribution in [0, 0.1) is 0 Å². The van der Waals surface area contributed by atoms with E-state index in [2.05, 4.69) is 29.1 Å². The summed E-state index contributed by atoms with van der Waals surface area (Å²) in [6.45, 7) is 6.48. The molecule has 0 saturated heterocycles. The van der Waals surface area contributed by atoms with Crippen LogP contribution >= 0.6 is 0 Å². The first-order valence-corrected chi connectivity index (χ1v) is 8.45. The monoisotopic (exact) mass is 340 g/mol. The predicted octanol–water partition coefficient (Wildman–Crippen LogP) is 3.37. The molecule has 2 heterocycles. The van der Waals surface area contributed by atoms with Crippen LogP contribution in [0.5, 0.6) is 5.75 Å². The number of hydrogen-bond donors (Lipinski definition) is 2. The Morgan fingerprint density at radius 1 is 1.32 bits per heavy atom. The highest BCUT2D eigenvalue weighted by molar-refractivity contribution is 5.83. The second-order valence-electron chi connectivity index (χ2n) is 6.49. The number of aromatic amines is 1. The summed E-state index contributed by atoms with van der Waals surface area (Å²) in [5.41, 5.74) is 1.98. The van der Waals surface area contributed by atoms with Gasteiger partial charge in [0.2, 0.25) is 5.91 Å². The molecule has 1 aromatic carbocycles. The average Bonchev–Trinajstić information content (AvgIpc) is 3.24. The van der Waals surface area contributed by atoms with Gasteiger partial charge in [-0.15, -0.1) is 0 Å². The molecule has 0 saturated carbocycles. The fourth-order valence-corrected chi connectivity index (χ4v) is 2.95. The normalized spacial score (nSPS) is 12.5. The van der Waals surface area contributed by atoms with E-state index in [0.29, 0.717) is 6.54 Å². The Hall–Kier alpha value is -2.76. The molecule has 2 aromatic heterocycles. The molecule has 25 heavy (non-hydrogen) atoms. The number of aromatic nitrogens is 3. The molecule has 0 aliphatic carbocycles. The quantitative estimate of drug-likeness (QED) is 0.722. The number of carbonyl (C=O) groups excluding carboxylic acids is 1. The summed E-state index contributed by atoms with van der Waals surface area (Å²) in [6.07, 6.45) is 3.60. The summed E-state index contributed by atoms with van der Waals surface area (Å²) in [5, 5.41) is 4.06. The first-order valence-electron chi connectivity index (χ1n) is 8.45. The third-order valence-electron chi connectivity index (χ3n) is 4.35. The van der Waals surface area contributed by atoms with Crippen molar-refractivity contribution in [2.45, 2.75) is 39.3 Å². The van der Waals surface area contributed by atoms with Crippen LogP contribution in [0.4, 0.5) is 0 Å². The summed E-state index contributed by atoms with van der Waals surface area (Å²) < 4.78 is 7.17. The van der Waals surface area contributed by atoms with E-state index in [-0.39, 0.29) is 17.9 Å². The lowest BCUT2D eigenvalue weighted by molar-refractivity contribution is -0.124. The standard InChI is InChI=1S/C19H24N4O2/c1-12(2)18-20-7-8-23(18)13(3)19(24)21-11-15-9-14-10-16(25-4)5-6-17(14)22-15/h5-10,12-13,22H,11H2,1-4H3,(H,21,24). The van der Waals surface area contributed by atoms with Gasteiger partial charge in [0.15, 0.2) is 0 Å². The fraction of sp³-hybridized carbons (Fsp3) is 0.368. The van der Waals surface area contributed by atoms with Crippen LogP contribution < -0.4 is 10.1 Å². The minimum absolute atomic E-state index is 0.0314. The molecule has 0 radical (unpaired) electrons. The number of nitrogens with zero attached hydrogens (tertiary/aromatic N) is 2. The molecular weight excluding hydrogens is 316 g/mol. The molecule has 0 fully saturated rings. The minimum Gasteiger partial charge on any atom is -0.497 e. The molecule has 0 spiro atoms. The van der Waals surface area contributed by atoms with Gasteiger partial charge in [-0.1, -0.05) is 13.8 Å². The number of imidazole rings is 1. The SMILES string of the molecule is COc1ccc2[nH]c(CNC(=O)C(C)n3ccnc3C(C)C)cc2c1. The number of amides is 1. The molecular formula is C19H24N4O2. The molecule has 0 aliphatic heterocycles. The third-order valence-corrected chi connectivity index (χ3v) is 4.35. The largest absolute Gasteiger partial charge is 0.497 e. The Bertz CT molecular complexity index is 879. The molecule has 1 amide bonds. The molecule has 2 N–H and O–H groups in total. The Morgan fingerprint density at radius 3 is 2.84 bits per heavy atom. The van der Waals surface area contributed by atoms with Gasteiger partial charge in [-0.25, -0.2) is 4.98 Å². The maximum absolute atomic E-state index is 12.5. The Kier molecular flexibility index (Phi) is 4.79. The van der Waals surface area contributed by atoms with E-state index in [1.165, 1.54) is 0 Å². The van der Waals surface area contributed by atoms with E-state index < -0.39 is 0 Å². The number of ether oxygens (including phenoxy) is 1. The van der Waals surface area contributed by atoms with Crippen LogP contribution in [-0.2, 0) is 11.3 Å². The zero-order chi connectivity index (χ0) is 18.0. The molecule has 3 rings (SSSR count). The van der Waals surface area contributed by atoms with Crippen molar-refractivity contribution >= 4 is 16.8 Å². The number of fused-ring (bicyclic) bond motifs is 1. The highest BCUT2D eigenvalue weighted by Crippen LogP contribution is 2.22. The summed E-state index contributed by atoms with van der Waals surface area (Å²) >= 11 is 0. The first-order chi connectivity index (χ1) is 12.0. The van der Waals surface area contributed by atoms with Crippen molar-refractivity contribution in [3.05, 3.63) is 48.2 Å². The van der Waals surface area contributed by atoms with E-state index in [4.69, 9.17) is 4.74 Å². The van der Waals surface area contributed by atoms with Gasteiger partial charge in [-0.2, -0.15) is 0 Å². The molecule has 3 aromatic rings. The van der Waals surface area contributed by atoms with Gasteiger partial charge in [0.05, 0.1) is 13.7 Å². The van der Waals surface area contributed by atoms with Gasteiger partial charge in [0.1, 0.15) is 17.6 Å². The number of hydrogen-bond acceptors (Lipinski definition) is 3. The molecule has 132 valence electrons. The van der Waals surface area contributed by atoms with E-state index in [1.54, 1.807) is 13.3 Å². The van der Waals surface area contributed by atoms with Crippen LogP contribution in [0.15, 0.2) is 36.7 Å². The topological polar surface area (TPSA) is 71.9 Å². The van der Waals surface area contributed by atoms with E-state index >= 15 is 0 Å². The number of nitrogens with one attached hydrogen (secondary N) is 2. The van der Waals surface area contributed by atoms with E-state index in [9.17, 15) is 4.79 Å². The van der Waals surface area contributed by atoms with Gasteiger partial charge < -0.3 is 19.6 Å². The average molecular weight is 340 g/mol. The van der Waals surface area contributed by atoms with Crippen LogP contribution in [0.25, 0.3) is 10.9 Å². The molecule has 0 aliphatic rings. The first kappa shape index (κ1) is 17.1. The molecule has 6 heteroatoms. The van der Waals surface area contributed by atoms with Crippen molar-refractivity contribution < 1.29 is 9.53 Å².